The lowest BCUT2D eigenvalue weighted by molar-refractivity contribution is -0.130. The van der Waals surface area contributed by atoms with E-state index in [1.165, 1.54) is 0 Å². The maximum absolute atomic E-state index is 11.6. The van der Waals surface area contributed by atoms with Crippen LogP contribution in [0.3, 0.4) is 0 Å². The highest BCUT2D eigenvalue weighted by molar-refractivity contribution is 6.06. The van der Waals surface area contributed by atoms with Crippen LogP contribution < -0.4 is 9.47 Å². The number of unbranched alkanes of at least 4 members (excludes halogenated alkanes) is 2. The number of benzene rings is 1. The topological polar surface area (TPSA) is 57.1 Å². The molecule has 2 rings (SSSR count). The van der Waals surface area contributed by atoms with Gasteiger partial charge in [-0.2, -0.15) is 0 Å². The van der Waals surface area contributed by atoms with Crippen molar-refractivity contribution in [2.45, 2.75) is 33.1 Å². The molecule has 1 heterocycles. The maximum atomic E-state index is 11.6. The quantitative estimate of drug-likeness (QED) is 0.439. The summed E-state index contributed by atoms with van der Waals surface area (Å²) in [4.78, 5) is 15.6. The predicted octanol–water partition coefficient (Wildman–Crippen LogP) is 3.58. The van der Waals surface area contributed by atoms with Crippen molar-refractivity contribution in [1.82, 2.24) is 0 Å². The maximum Gasteiger partial charge on any atom is 0.363 e. The van der Waals surface area contributed by atoms with Crippen LogP contribution in [-0.4, -0.2) is 25.6 Å². The van der Waals surface area contributed by atoms with Gasteiger partial charge in [0, 0.05) is 6.92 Å². The number of hydrogen-bond donors (Lipinski definition) is 0. The van der Waals surface area contributed by atoms with Gasteiger partial charge in [-0.05, 0) is 30.2 Å². The minimum atomic E-state index is -0.434. The molecule has 5 heteroatoms. The monoisotopic (exact) mass is 303 g/mol. The molecule has 0 fully saturated rings. The fourth-order valence-corrected chi connectivity index (χ4v) is 2.10. The third-order valence-electron chi connectivity index (χ3n) is 3.22. The minimum Gasteiger partial charge on any atom is -0.493 e. The summed E-state index contributed by atoms with van der Waals surface area (Å²) >= 11 is 0. The lowest BCUT2D eigenvalue weighted by Crippen LogP contribution is -2.00. The Morgan fingerprint density at radius 2 is 2.09 bits per heavy atom. The van der Waals surface area contributed by atoms with Gasteiger partial charge < -0.3 is 14.2 Å². The average molecular weight is 303 g/mol. The summed E-state index contributed by atoms with van der Waals surface area (Å²) in [5, 5.41) is 0. The van der Waals surface area contributed by atoms with Gasteiger partial charge in [-0.1, -0.05) is 25.8 Å². The molecule has 1 aliphatic heterocycles. The standard InChI is InChI=1S/C17H21NO4/c1-4-5-6-9-21-15-8-7-13(11-16(15)20-3)10-14-17(19)22-12(2)18-14/h7-8,10-11H,4-6,9H2,1-3H3. The van der Waals surface area contributed by atoms with Crippen molar-refractivity contribution in [3.8, 4) is 11.5 Å². The van der Waals surface area contributed by atoms with Crippen LogP contribution in [0.2, 0.25) is 0 Å². The lowest BCUT2D eigenvalue weighted by Gasteiger charge is -2.11. The fraction of sp³-hybridized carbons (Fsp3) is 0.412. The van der Waals surface area contributed by atoms with E-state index in [0.29, 0.717) is 24.0 Å². The summed E-state index contributed by atoms with van der Waals surface area (Å²) in [6.07, 6.45) is 4.99. The number of methoxy groups -OCH3 is 1. The number of hydrogen-bond acceptors (Lipinski definition) is 5. The van der Waals surface area contributed by atoms with Crippen molar-refractivity contribution in [2.75, 3.05) is 13.7 Å². The normalized spacial score (nSPS) is 15.7. The molecule has 0 spiro atoms. The van der Waals surface area contributed by atoms with Crippen molar-refractivity contribution in [3.63, 3.8) is 0 Å². The Bertz CT molecular complexity index is 605. The van der Waals surface area contributed by atoms with Crippen molar-refractivity contribution < 1.29 is 19.0 Å². The average Bonchev–Trinajstić information content (AvgIpc) is 2.82. The van der Waals surface area contributed by atoms with Gasteiger partial charge in [-0.3, -0.25) is 0 Å². The summed E-state index contributed by atoms with van der Waals surface area (Å²) < 4.78 is 16.0. The van der Waals surface area contributed by atoms with E-state index in [9.17, 15) is 4.79 Å². The Labute approximate surface area is 130 Å². The van der Waals surface area contributed by atoms with Gasteiger partial charge in [0.15, 0.2) is 23.1 Å². The molecule has 22 heavy (non-hydrogen) atoms. The number of nitrogens with zero attached hydrogens (tertiary/aromatic N) is 1. The molecule has 0 aliphatic carbocycles. The van der Waals surface area contributed by atoms with Crippen molar-refractivity contribution in [2.24, 2.45) is 4.99 Å². The molecule has 0 atom stereocenters. The molecule has 1 aromatic carbocycles. The van der Waals surface area contributed by atoms with Crippen LogP contribution in [0.4, 0.5) is 0 Å². The van der Waals surface area contributed by atoms with E-state index >= 15 is 0 Å². The zero-order chi connectivity index (χ0) is 15.9. The Balaban J connectivity index is 2.12. The summed E-state index contributed by atoms with van der Waals surface area (Å²) in [6.45, 7) is 4.47. The van der Waals surface area contributed by atoms with Gasteiger partial charge in [0.25, 0.3) is 0 Å². The molecule has 118 valence electrons. The number of esters is 1. The predicted molar refractivity (Wildman–Crippen MR) is 85.2 cm³/mol. The minimum absolute atomic E-state index is 0.288. The largest absolute Gasteiger partial charge is 0.493 e. The van der Waals surface area contributed by atoms with Crippen LogP contribution in [0.25, 0.3) is 6.08 Å². The van der Waals surface area contributed by atoms with Crippen LogP contribution in [0.15, 0.2) is 28.9 Å². The second-order valence-electron chi connectivity index (χ2n) is 5.02. The van der Waals surface area contributed by atoms with Gasteiger partial charge in [0.05, 0.1) is 13.7 Å². The molecule has 0 saturated carbocycles. The van der Waals surface area contributed by atoms with E-state index in [1.54, 1.807) is 20.1 Å². The van der Waals surface area contributed by atoms with Crippen LogP contribution in [0.1, 0.15) is 38.7 Å². The van der Waals surface area contributed by atoms with Crippen LogP contribution in [0.5, 0.6) is 11.5 Å². The zero-order valence-electron chi connectivity index (χ0n) is 13.2. The number of carbonyl (C=O) groups excluding carboxylic acids is 1. The molecular weight excluding hydrogens is 282 g/mol. The zero-order valence-corrected chi connectivity index (χ0v) is 13.2. The Morgan fingerprint density at radius 1 is 1.27 bits per heavy atom. The molecular formula is C17H21NO4. The first-order valence-corrected chi connectivity index (χ1v) is 7.44. The molecule has 0 N–H and O–H groups in total. The highest BCUT2D eigenvalue weighted by Gasteiger charge is 2.19. The van der Waals surface area contributed by atoms with Crippen molar-refractivity contribution >= 4 is 17.9 Å². The summed E-state index contributed by atoms with van der Waals surface area (Å²) in [6, 6.07) is 5.52. The van der Waals surface area contributed by atoms with Crippen LogP contribution >= 0.6 is 0 Å². The molecule has 5 nitrogen and oxygen atoms in total. The Morgan fingerprint density at radius 3 is 2.73 bits per heavy atom. The van der Waals surface area contributed by atoms with E-state index in [0.717, 1.165) is 24.8 Å². The Kier molecular flexibility index (Phi) is 5.58. The van der Waals surface area contributed by atoms with E-state index in [1.807, 2.05) is 18.2 Å². The smallest absolute Gasteiger partial charge is 0.363 e. The van der Waals surface area contributed by atoms with Crippen LogP contribution in [0, 0.1) is 0 Å². The second-order valence-corrected chi connectivity index (χ2v) is 5.02. The highest BCUT2D eigenvalue weighted by Crippen LogP contribution is 2.29. The molecule has 0 radical (unpaired) electrons. The van der Waals surface area contributed by atoms with Crippen molar-refractivity contribution in [1.29, 1.82) is 0 Å². The first kappa shape index (κ1) is 16.1. The Hall–Kier alpha value is -2.30. The first-order chi connectivity index (χ1) is 10.6. The number of carbonyl (C=O) groups is 1. The first-order valence-electron chi connectivity index (χ1n) is 7.44. The molecule has 0 saturated heterocycles. The SMILES string of the molecule is CCCCCOc1ccc(C=C2N=C(C)OC2=O)cc1OC. The van der Waals surface area contributed by atoms with E-state index in [4.69, 9.17) is 14.2 Å². The number of cyclic esters (lactones) is 1. The third kappa shape index (κ3) is 4.10. The number of ether oxygens (including phenoxy) is 3. The second kappa shape index (κ2) is 7.64. The number of aliphatic imine (C=N–C) groups is 1. The summed E-state index contributed by atoms with van der Waals surface area (Å²) in [5.74, 6) is 1.27. The van der Waals surface area contributed by atoms with Crippen LogP contribution in [-0.2, 0) is 9.53 Å². The highest BCUT2D eigenvalue weighted by atomic mass is 16.6. The van der Waals surface area contributed by atoms with E-state index < -0.39 is 5.97 Å². The third-order valence-corrected chi connectivity index (χ3v) is 3.22. The van der Waals surface area contributed by atoms with Gasteiger partial charge in [0.1, 0.15) is 0 Å². The molecule has 1 aliphatic rings. The molecule has 1 aromatic rings. The van der Waals surface area contributed by atoms with Gasteiger partial charge >= 0.3 is 5.97 Å². The van der Waals surface area contributed by atoms with Gasteiger partial charge in [-0.15, -0.1) is 0 Å². The van der Waals surface area contributed by atoms with Gasteiger partial charge in [-0.25, -0.2) is 9.79 Å². The summed E-state index contributed by atoms with van der Waals surface area (Å²) in [5.41, 5.74) is 1.10. The van der Waals surface area contributed by atoms with E-state index in [2.05, 4.69) is 11.9 Å². The lowest BCUT2D eigenvalue weighted by atomic mass is 10.1. The molecule has 0 unspecified atom stereocenters. The molecule has 0 aromatic heterocycles. The van der Waals surface area contributed by atoms with Gasteiger partial charge in [0.2, 0.25) is 0 Å². The molecule has 0 amide bonds. The van der Waals surface area contributed by atoms with E-state index in [-0.39, 0.29) is 5.70 Å². The number of rotatable bonds is 7. The van der Waals surface area contributed by atoms with Crippen molar-refractivity contribution in [3.05, 3.63) is 29.5 Å². The summed E-state index contributed by atoms with van der Waals surface area (Å²) in [7, 11) is 1.59. The molecule has 0 bridgehead atoms. The fourth-order valence-electron chi connectivity index (χ4n) is 2.10.